The lowest BCUT2D eigenvalue weighted by Gasteiger charge is -2.19. The van der Waals surface area contributed by atoms with Crippen molar-refractivity contribution in [2.75, 3.05) is 11.1 Å². The molecular weight excluding hydrogens is 230 g/mol. The number of carbonyl (C=O) groups is 1. The Morgan fingerprint density at radius 2 is 2.19 bits per heavy atom. The number of carbonyl (C=O) groups excluding carboxylic acids is 1. The van der Waals surface area contributed by atoms with Gasteiger partial charge in [-0.15, -0.1) is 0 Å². The van der Waals surface area contributed by atoms with Gasteiger partial charge in [0.1, 0.15) is 11.1 Å². The summed E-state index contributed by atoms with van der Waals surface area (Å²) in [5.74, 6) is -0.0569. The third-order valence-electron chi connectivity index (χ3n) is 2.03. The Morgan fingerprint density at radius 3 is 2.69 bits per heavy atom. The molecule has 0 spiro atoms. The zero-order valence-electron chi connectivity index (χ0n) is 9.07. The Bertz CT molecular complexity index is 395. The predicted molar refractivity (Wildman–Crippen MR) is 62.9 cm³/mol. The second-order valence-corrected chi connectivity index (χ2v) is 4.10. The fourth-order valence-electron chi connectivity index (χ4n) is 1.20. The molecule has 0 saturated carbocycles. The fraction of sp³-hybridized carbons (Fsp3) is 0.444. The van der Waals surface area contributed by atoms with Crippen molar-refractivity contribution in [2.45, 2.75) is 19.9 Å². The summed E-state index contributed by atoms with van der Waals surface area (Å²) in [6, 6.07) is -0.549. The number of primary amides is 1. The molecule has 1 rings (SSSR count). The molecule has 1 atom stereocenters. The normalized spacial score (nSPS) is 12.5. The van der Waals surface area contributed by atoms with Crippen molar-refractivity contribution >= 4 is 29.3 Å². The van der Waals surface area contributed by atoms with Gasteiger partial charge in [-0.05, 0) is 5.92 Å². The average molecular weight is 244 g/mol. The number of nitrogens with one attached hydrogen (secondary N) is 1. The highest BCUT2D eigenvalue weighted by Crippen LogP contribution is 2.20. The smallest absolute Gasteiger partial charge is 0.240 e. The highest BCUT2D eigenvalue weighted by molar-refractivity contribution is 6.32. The van der Waals surface area contributed by atoms with Gasteiger partial charge in [0.05, 0.1) is 6.20 Å². The lowest BCUT2D eigenvalue weighted by atomic mass is 10.0. The molecule has 0 aliphatic carbocycles. The molecule has 88 valence electrons. The SMILES string of the molecule is CC(C)C(Nc1nc(N)ncc1Cl)C(N)=O. The van der Waals surface area contributed by atoms with E-state index in [0.29, 0.717) is 10.8 Å². The summed E-state index contributed by atoms with van der Waals surface area (Å²) in [6.45, 7) is 3.72. The van der Waals surface area contributed by atoms with Crippen LogP contribution in [0.25, 0.3) is 0 Å². The number of amides is 1. The topological polar surface area (TPSA) is 107 Å². The van der Waals surface area contributed by atoms with Gasteiger partial charge in [0.15, 0.2) is 5.82 Å². The van der Waals surface area contributed by atoms with Gasteiger partial charge >= 0.3 is 0 Å². The van der Waals surface area contributed by atoms with E-state index >= 15 is 0 Å². The molecule has 0 radical (unpaired) electrons. The number of hydrogen-bond donors (Lipinski definition) is 3. The van der Waals surface area contributed by atoms with Gasteiger partial charge in [-0.2, -0.15) is 4.98 Å². The van der Waals surface area contributed by atoms with Gasteiger partial charge in [-0.25, -0.2) is 4.98 Å². The van der Waals surface area contributed by atoms with Gasteiger partial charge < -0.3 is 16.8 Å². The van der Waals surface area contributed by atoms with Crippen LogP contribution in [-0.2, 0) is 4.79 Å². The molecule has 0 saturated heterocycles. The average Bonchev–Trinajstić information content (AvgIpc) is 2.18. The zero-order chi connectivity index (χ0) is 12.3. The molecule has 0 aliphatic rings. The lowest BCUT2D eigenvalue weighted by Crippen LogP contribution is -2.39. The largest absolute Gasteiger partial charge is 0.368 e. The van der Waals surface area contributed by atoms with Crippen LogP contribution in [0.4, 0.5) is 11.8 Å². The standard InChI is InChI=1S/C9H14ClN5O/c1-4(2)6(7(11)16)14-8-5(10)3-13-9(12)15-8/h3-4,6H,1-2H3,(H2,11,16)(H3,12,13,14,15). The summed E-state index contributed by atoms with van der Waals surface area (Å²) >= 11 is 5.85. The molecule has 1 amide bonds. The molecule has 0 bridgehead atoms. The van der Waals surface area contributed by atoms with E-state index in [9.17, 15) is 4.79 Å². The number of aromatic nitrogens is 2. The van der Waals surface area contributed by atoms with Crippen LogP contribution in [0.15, 0.2) is 6.20 Å². The first-order chi connectivity index (χ1) is 7.41. The van der Waals surface area contributed by atoms with E-state index in [-0.39, 0.29) is 11.9 Å². The van der Waals surface area contributed by atoms with Crippen LogP contribution in [0.5, 0.6) is 0 Å². The minimum Gasteiger partial charge on any atom is -0.368 e. The minimum absolute atomic E-state index is 0.0183. The Hall–Kier alpha value is -1.56. The van der Waals surface area contributed by atoms with Gasteiger partial charge in [0.2, 0.25) is 11.9 Å². The van der Waals surface area contributed by atoms with E-state index in [1.165, 1.54) is 6.20 Å². The van der Waals surface area contributed by atoms with Crippen molar-refractivity contribution in [3.05, 3.63) is 11.2 Å². The highest BCUT2D eigenvalue weighted by Gasteiger charge is 2.20. The Labute approximate surface area is 98.4 Å². The maximum atomic E-state index is 11.2. The molecular formula is C9H14ClN5O. The number of nitrogens with zero attached hydrogens (tertiary/aromatic N) is 2. The van der Waals surface area contributed by atoms with Crippen molar-refractivity contribution in [1.29, 1.82) is 0 Å². The minimum atomic E-state index is -0.549. The van der Waals surface area contributed by atoms with Crippen LogP contribution in [0, 0.1) is 5.92 Å². The number of halogens is 1. The van der Waals surface area contributed by atoms with Gasteiger partial charge in [-0.1, -0.05) is 25.4 Å². The first kappa shape index (κ1) is 12.5. The third-order valence-corrected chi connectivity index (χ3v) is 2.30. The van der Waals surface area contributed by atoms with Crippen LogP contribution >= 0.6 is 11.6 Å². The number of anilines is 2. The van der Waals surface area contributed by atoms with E-state index in [2.05, 4.69) is 15.3 Å². The number of nitrogen functional groups attached to an aromatic ring is 1. The maximum Gasteiger partial charge on any atom is 0.240 e. The Kier molecular flexibility index (Phi) is 3.89. The first-order valence-electron chi connectivity index (χ1n) is 4.75. The molecule has 0 aromatic carbocycles. The van der Waals surface area contributed by atoms with Crippen molar-refractivity contribution < 1.29 is 4.79 Å². The zero-order valence-corrected chi connectivity index (χ0v) is 9.82. The molecule has 7 heteroatoms. The number of hydrogen-bond acceptors (Lipinski definition) is 5. The molecule has 1 aromatic rings. The number of nitrogens with two attached hydrogens (primary N) is 2. The Morgan fingerprint density at radius 1 is 1.56 bits per heavy atom. The van der Waals surface area contributed by atoms with Crippen LogP contribution in [-0.4, -0.2) is 21.9 Å². The van der Waals surface area contributed by atoms with Crippen LogP contribution in [0.3, 0.4) is 0 Å². The van der Waals surface area contributed by atoms with Crippen LogP contribution < -0.4 is 16.8 Å². The summed E-state index contributed by atoms with van der Waals surface area (Å²) in [5, 5.41) is 3.14. The van der Waals surface area contributed by atoms with Crippen molar-refractivity contribution in [2.24, 2.45) is 11.7 Å². The second-order valence-electron chi connectivity index (χ2n) is 3.69. The Balaban J connectivity index is 2.93. The molecule has 1 aromatic heterocycles. The molecule has 16 heavy (non-hydrogen) atoms. The highest BCUT2D eigenvalue weighted by atomic mass is 35.5. The van der Waals surface area contributed by atoms with Gasteiger partial charge in [0, 0.05) is 0 Å². The second kappa shape index (κ2) is 4.98. The van der Waals surface area contributed by atoms with Crippen LogP contribution in [0.1, 0.15) is 13.8 Å². The summed E-state index contributed by atoms with van der Waals surface area (Å²) < 4.78 is 0. The number of rotatable bonds is 4. The van der Waals surface area contributed by atoms with E-state index in [0.717, 1.165) is 0 Å². The van der Waals surface area contributed by atoms with Crippen LogP contribution in [0.2, 0.25) is 5.02 Å². The molecule has 5 N–H and O–H groups in total. The predicted octanol–water partition coefficient (Wildman–Crippen LogP) is 0.634. The third kappa shape index (κ3) is 2.96. The monoisotopic (exact) mass is 243 g/mol. The van der Waals surface area contributed by atoms with E-state index in [1.54, 1.807) is 0 Å². The van der Waals surface area contributed by atoms with E-state index in [1.807, 2.05) is 13.8 Å². The first-order valence-corrected chi connectivity index (χ1v) is 5.13. The van der Waals surface area contributed by atoms with Crippen molar-refractivity contribution in [1.82, 2.24) is 9.97 Å². The van der Waals surface area contributed by atoms with Gasteiger partial charge in [-0.3, -0.25) is 4.79 Å². The van der Waals surface area contributed by atoms with E-state index < -0.39 is 11.9 Å². The summed E-state index contributed by atoms with van der Waals surface area (Å²) in [7, 11) is 0. The van der Waals surface area contributed by atoms with Crippen molar-refractivity contribution in [3.63, 3.8) is 0 Å². The molecule has 6 nitrogen and oxygen atoms in total. The molecule has 0 fully saturated rings. The molecule has 1 heterocycles. The summed E-state index contributed by atoms with van der Waals surface area (Å²) in [6.07, 6.45) is 1.37. The quantitative estimate of drug-likeness (QED) is 0.719. The van der Waals surface area contributed by atoms with Crippen molar-refractivity contribution in [3.8, 4) is 0 Å². The maximum absolute atomic E-state index is 11.2. The lowest BCUT2D eigenvalue weighted by molar-refractivity contribution is -0.119. The fourth-order valence-corrected chi connectivity index (χ4v) is 1.34. The molecule has 1 unspecified atom stereocenters. The summed E-state index contributed by atoms with van der Waals surface area (Å²) in [5.41, 5.74) is 10.7. The summed E-state index contributed by atoms with van der Waals surface area (Å²) in [4.78, 5) is 18.8. The van der Waals surface area contributed by atoms with E-state index in [4.69, 9.17) is 23.1 Å². The molecule has 0 aliphatic heterocycles. The van der Waals surface area contributed by atoms with Gasteiger partial charge in [0.25, 0.3) is 0 Å².